The number of benzene rings is 1. The smallest absolute Gasteiger partial charge is 0.258 e. The van der Waals surface area contributed by atoms with E-state index in [1.165, 1.54) is 16.8 Å². The topological polar surface area (TPSA) is 82.8 Å². The summed E-state index contributed by atoms with van der Waals surface area (Å²) in [7, 11) is 0. The lowest BCUT2D eigenvalue weighted by atomic mass is 9.76. The van der Waals surface area contributed by atoms with E-state index in [0.717, 1.165) is 49.0 Å². The van der Waals surface area contributed by atoms with Gasteiger partial charge in [0.05, 0.1) is 0 Å². The van der Waals surface area contributed by atoms with Gasteiger partial charge in [-0.15, -0.1) is 0 Å². The highest BCUT2D eigenvalue weighted by atomic mass is 16.5. The van der Waals surface area contributed by atoms with Crippen LogP contribution in [-0.2, 0) is 25.8 Å². The molecule has 28 heavy (non-hydrogen) atoms. The largest absolute Gasteiger partial charge is 0.334 e. The second-order valence-corrected chi connectivity index (χ2v) is 8.54. The summed E-state index contributed by atoms with van der Waals surface area (Å²) in [5.74, 6) is 1.13. The Morgan fingerprint density at radius 2 is 2.11 bits per heavy atom. The summed E-state index contributed by atoms with van der Waals surface area (Å²) in [6, 6.07) is 6.26. The molecule has 0 unspecified atom stereocenters. The summed E-state index contributed by atoms with van der Waals surface area (Å²) < 4.78 is 7.73. The van der Waals surface area contributed by atoms with Gasteiger partial charge in [-0.25, -0.2) is 0 Å². The van der Waals surface area contributed by atoms with Gasteiger partial charge in [0.1, 0.15) is 5.69 Å². The van der Waals surface area contributed by atoms with Crippen molar-refractivity contribution < 1.29 is 4.52 Å². The van der Waals surface area contributed by atoms with Gasteiger partial charge in [0.25, 0.3) is 5.89 Å². The summed E-state index contributed by atoms with van der Waals surface area (Å²) in [6.07, 6.45) is 4.06. The zero-order valence-corrected chi connectivity index (χ0v) is 17.2. The lowest BCUT2D eigenvalue weighted by Gasteiger charge is -2.30. The van der Waals surface area contributed by atoms with Crippen LogP contribution in [0.1, 0.15) is 49.6 Å². The van der Waals surface area contributed by atoms with E-state index in [9.17, 15) is 0 Å². The maximum absolute atomic E-state index is 5.66. The maximum Gasteiger partial charge on any atom is 0.258 e. The SMILES string of the molecule is CCn1nc(-c2noc(-c3ccc(CCN)cc3C)n2)c2c1CC(C)(C)CC2. The molecule has 0 amide bonds. The number of nitrogens with two attached hydrogens (primary N) is 1. The van der Waals surface area contributed by atoms with E-state index in [2.05, 4.69) is 49.7 Å². The van der Waals surface area contributed by atoms with Crippen LogP contribution in [-0.4, -0.2) is 26.5 Å². The number of hydrogen-bond acceptors (Lipinski definition) is 5. The van der Waals surface area contributed by atoms with E-state index in [4.69, 9.17) is 20.3 Å². The number of fused-ring (bicyclic) bond motifs is 1. The van der Waals surface area contributed by atoms with E-state index in [0.29, 0.717) is 23.7 Å². The van der Waals surface area contributed by atoms with Crippen LogP contribution in [0.5, 0.6) is 0 Å². The van der Waals surface area contributed by atoms with E-state index < -0.39 is 0 Å². The molecule has 1 aromatic carbocycles. The Kier molecular flexibility index (Phi) is 4.83. The molecule has 4 rings (SSSR count). The van der Waals surface area contributed by atoms with E-state index in [1.807, 2.05) is 6.07 Å². The fourth-order valence-electron chi connectivity index (χ4n) is 4.16. The van der Waals surface area contributed by atoms with Gasteiger partial charge in [-0.1, -0.05) is 31.1 Å². The predicted molar refractivity (Wildman–Crippen MR) is 110 cm³/mol. The summed E-state index contributed by atoms with van der Waals surface area (Å²) >= 11 is 0. The second kappa shape index (κ2) is 7.17. The van der Waals surface area contributed by atoms with Crippen LogP contribution >= 0.6 is 0 Å². The van der Waals surface area contributed by atoms with Crippen LogP contribution in [0.3, 0.4) is 0 Å². The Labute approximate surface area is 166 Å². The average molecular weight is 380 g/mol. The molecule has 6 heteroatoms. The molecule has 2 N–H and O–H groups in total. The van der Waals surface area contributed by atoms with Crippen LogP contribution in [0, 0.1) is 12.3 Å². The Balaban J connectivity index is 1.70. The van der Waals surface area contributed by atoms with Gasteiger partial charge in [0.15, 0.2) is 0 Å². The van der Waals surface area contributed by atoms with E-state index in [1.54, 1.807) is 0 Å². The summed E-state index contributed by atoms with van der Waals surface area (Å²) in [4.78, 5) is 4.70. The molecule has 0 saturated carbocycles. The molecule has 2 aromatic heterocycles. The Bertz CT molecular complexity index is 999. The number of hydrogen-bond donors (Lipinski definition) is 1. The molecule has 0 fully saturated rings. The van der Waals surface area contributed by atoms with Gasteiger partial charge in [-0.3, -0.25) is 4.68 Å². The third kappa shape index (κ3) is 3.37. The molecule has 0 radical (unpaired) electrons. The fraction of sp³-hybridized carbons (Fsp3) is 0.500. The minimum Gasteiger partial charge on any atom is -0.334 e. The van der Waals surface area contributed by atoms with Crippen molar-refractivity contribution in [2.75, 3.05) is 6.54 Å². The average Bonchev–Trinajstić information content (AvgIpc) is 3.25. The third-order valence-corrected chi connectivity index (χ3v) is 5.76. The Morgan fingerprint density at radius 3 is 2.82 bits per heavy atom. The van der Waals surface area contributed by atoms with E-state index >= 15 is 0 Å². The van der Waals surface area contributed by atoms with Gasteiger partial charge in [0.2, 0.25) is 5.82 Å². The number of rotatable bonds is 5. The first-order chi connectivity index (χ1) is 13.4. The van der Waals surface area contributed by atoms with Crippen molar-refractivity contribution in [1.29, 1.82) is 0 Å². The van der Waals surface area contributed by atoms with Crippen molar-refractivity contribution in [3.05, 3.63) is 40.6 Å². The lowest BCUT2D eigenvalue weighted by Crippen LogP contribution is -2.24. The molecule has 1 aliphatic rings. The Morgan fingerprint density at radius 1 is 1.29 bits per heavy atom. The first-order valence-electron chi connectivity index (χ1n) is 10.1. The maximum atomic E-state index is 5.66. The molecule has 0 spiro atoms. The first-order valence-corrected chi connectivity index (χ1v) is 10.1. The molecule has 0 aliphatic heterocycles. The number of aryl methyl sites for hydroxylation is 2. The molecule has 148 valence electrons. The molecule has 0 atom stereocenters. The van der Waals surface area contributed by atoms with Crippen LogP contribution in [0.15, 0.2) is 22.7 Å². The second-order valence-electron chi connectivity index (χ2n) is 8.54. The fourth-order valence-corrected chi connectivity index (χ4v) is 4.16. The minimum absolute atomic E-state index is 0.308. The Hall–Kier alpha value is -2.47. The number of nitrogens with zero attached hydrogens (tertiary/aromatic N) is 4. The third-order valence-electron chi connectivity index (χ3n) is 5.76. The minimum atomic E-state index is 0.308. The summed E-state index contributed by atoms with van der Waals surface area (Å²) in [6.45, 7) is 10.3. The van der Waals surface area contributed by atoms with Gasteiger partial charge >= 0.3 is 0 Å². The van der Waals surface area contributed by atoms with Crippen LogP contribution in [0.4, 0.5) is 0 Å². The molecule has 6 nitrogen and oxygen atoms in total. The van der Waals surface area contributed by atoms with Gasteiger partial charge < -0.3 is 10.3 Å². The van der Waals surface area contributed by atoms with Crippen molar-refractivity contribution >= 4 is 0 Å². The molecular formula is C22H29N5O. The monoisotopic (exact) mass is 379 g/mol. The molecule has 0 saturated heterocycles. The van der Waals surface area contributed by atoms with Gasteiger partial charge in [0, 0.05) is 23.4 Å². The van der Waals surface area contributed by atoms with Crippen LogP contribution in [0.2, 0.25) is 0 Å². The molecule has 2 heterocycles. The number of aromatic nitrogens is 4. The zero-order valence-electron chi connectivity index (χ0n) is 17.2. The van der Waals surface area contributed by atoms with Gasteiger partial charge in [-0.2, -0.15) is 10.1 Å². The first kappa shape index (κ1) is 18.9. The van der Waals surface area contributed by atoms with Crippen molar-refractivity contribution in [2.24, 2.45) is 11.1 Å². The van der Waals surface area contributed by atoms with Crippen molar-refractivity contribution in [3.8, 4) is 23.0 Å². The predicted octanol–water partition coefficient (Wildman–Crippen LogP) is 3.94. The van der Waals surface area contributed by atoms with Crippen LogP contribution < -0.4 is 5.73 Å². The highest BCUT2D eigenvalue weighted by Crippen LogP contribution is 2.38. The van der Waals surface area contributed by atoms with Crippen molar-refractivity contribution in [3.63, 3.8) is 0 Å². The van der Waals surface area contributed by atoms with Crippen LogP contribution in [0.25, 0.3) is 23.0 Å². The highest BCUT2D eigenvalue weighted by molar-refractivity contribution is 5.63. The quantitative estimate of drug-likeness (QED) is 0.726. The van der Waals surface area contributed by atoms with Crippen molar-refractivity contribution in [1.82, 2.24) is 19.9 Å². The molecule has 1 aliphatic carbocycles. The molecule has 0 bridgehead atoms. The normalized spacial score (nSPS) is 15.6. The van der Waals surface area contributed by atoms with Crippen molar-refractivity contribution in [2.45, 2.75) is 59.9 Å². The molecule has 3 aromatic rings. The van der Waals surface area contributed by atoms with E-state index in [-0.39, 0.29) is 0 Å². The van der Waals surface area contributed by atoms with Gasteiger partial charge in [-0.05, 0) is 68.7 Å². The summed E-state index contributed by atoms with van der Waals surface area (Å²) in [5, 5.41) is 9.10. The zero-order chi connectivity index (χ0) is 19.9. The highest BCUT2D eigenvalue weighted by Gasteiger charge is 2.32. The standard InChI is InChI=1S/C22H29N5O/c1-5-27-18-13-22(3,4)10-8-17(18)19(25-27)20-24-21(28-26-20)16-7-6-15(9-11-23)12-14(16)2/h6-7,12H,5,8-11,13,23H2,1-4H3. The molecular weight excluding hydrogens is 350 g/mol. The summed E-state index contributed by atoms with van der Waals surface area (Å²) in [5.41, 5.74) is 12.7. The lowest BCUT2D eigenvalue weighted by molar-refractivity contribution is 0.305.